The second kappa shape index (κ2) is 4.35. The maximum Gasteiger partial charge on any atom is 0.116 e. The Balaban J connectivity index is 0.000000980. The molecule has 0 radical (unpaired) electrons. The molecule has 0 unspecified atom stereocenters. The average molecular weight is 208 g/mol. The van der Waals surface area contributed by atoms with E-state index in [1.165, 1.54) is 10.3 Å². The molecule has 0 spiro atoms. The van der Waals surface area contributed by atoms with Gasteiger partial charge < -0.3 is 10.6 Å². The van der Waals surface area contributed by atoms with Crippen molar-refractivity contribution in [1.82, 2.24) is 0 Å². The molecule has 0 aromatic heterocycles. The van der Waals surface area contributed by atoms with Gasteiger partial charge in [-0.3, -0.25) is 0 Å². The highest BCUT2D eigenvalue weighted by Gasteiger charge is 1.99. The summed E-state index contributed by atoms with van der Waals surface area (Å²) in [5, 5.41) is 11.6. The van der Waals surface area contributed by atoms with E-state index in [0.29, 0.717) is 5.75 Å². The Hall–Kier alpha value is -1.19. The molecule has 0 aliphatic rings. The molecule has 14 heavy (non-hydrogen) atoms. The Morgan fingerprint density at radius 3 is 2.64 bits per heavy atom. The van der Waals surface area contributed by atoms with Crippen LogP contribution >= 0.6 is 11.8 Å². The number of thioether (sulfide) groups is 1. The normalized spacial score (nSPS) is 9.79. The van der Waals surface area contributed by atoms with Crippen LogP contribution in [0.1, 0.15) is 0 Å². The third-order valence-corrected chi connectivity index (χ3v) is 2.84. The van der Waals surface area contributed by atoms with Crippen molar-refractivity contribution in [3.05, 3.63) is 36.4 Å². The monoisotopic (exact) mass is 208 g/mol. The zero-order valence-corrected chi connectivity index (χ0v) is 8.64. The lowest BCUT2D eigenvalue weighted by Crippen LogP contribution is -1.75. The quantitative estimate of drug-likeness (QED) is 0.732. The number of hydrogen-bond donors (Lipinski definition) is 1. The van der Waals surface area contributed by atoms with Crippen molar-refractivity contribution in [2.75, 3.05) is 6.26 Å². The molecule has 2 aromatic carbocycles. The topological polar surface area (TPSA) is 51.7 Å². The number of phenolic OH excluding ortho intramolecular Hbond substituents is 1. The highest BCUT2D eigenvalue weighted by molar-refractivity contribution is 7.98. The van der Waals surface area contributed by atoms with Crippen LogP contribution in [0.15, 0.2) is 41.3 Å². The summed E-state index contributed by atoms with van der Waals surface area (Å²) in [6, 6.07) is 11.6. The Bertz CT molecular complexity index is 440. The van der Waals surface area contributed by atoms with Gasteiger partial charge in [0.05, 0.1) is 0 Å². The van der Waals surface area contributed by atoms with Gasteiger partial charge in [0.25, 0.3) is 0 Å². The molecule has 3 N–H and O–H groups in total. The number of phenols is 1. The van der Waals surface area contributed by atoms with Crippen molar-refractivity contribution in [1.29, 1.82) is 0 Å². The average Bonchev–Trinajstić information content (AvgIpc) is 2.16. The number of hydrogen-bond acceptors (Lipinski definition) is 2. The van der Waals surface area contributed by atoms with Crippen LogP contribution in [0.25, 0.3) is 10.8 Å². The molecule has 0 aliphatic carbocycles. The molecule has 0 aliphatic heterocycles. The van der Waals surface area contributed by atoms with Gasteiger partial charge in [-0.15, -0.1) is 11.8 Å². The first kappa shape index (κ1) is 10.9. The second-order valence-corrected chi connectivity index (χ2v) is 3.71. The number of aromatic hydroxyl groups is 1. The van der Waals surface area contributed by atoms with Crippen molar-refractivity contribution in [2.24, 2.45) is 0 Å². The zero-order chi connectivity index (χ0) is 9.26. The molecule has 2 aromatic rings. The van der Waals surface area contributed by atoms with Gasteiger partial charge in [0.2, 0.25) is 0 Å². The van der Waals surface area contributed by atoms with E-state index in [2.05, 4.69) is 12.3 Å². The van der Waals surface area contributed by atoms with E-state index in [1.54, 1.807) is 23.9 Å². The van der Waals surface area contributed by atoms with Crippen LogP contribution in [0.5, 0.6) is 5.75 Å². The fourth-order valence-corrected chi connectivity index (χ4v) is 2.04. The van der Waals surface area contributed by atoms with Gasteiger partial charge in [-0.2, -0.15) is 0 Å². The van der Waals surface area contributed by atoms with Crippen molar-refractivity contribution < 1.29 is 10.6 Å². The van der Waals surface area contributed by atoms with E-state index in [0.717, 1.165) is 5.39 Å². The smallest absolute Gasteiger partial charge is 0.116 e. The van der Waals surface area contributed by atoms with Crippen LogP contribution in [-0.4, -0.2) is 16.8 Å². The highest BCUT2D eigenvalue weighted by Crippen LogP contribution is 2.28. The second-order valence-electron chi connectivity index (χ2n) is 2.87. The molecule has 0 atom stereocenters. The summed E-state index contributed by atoms with van der Waals surface area (Å²) in [5.74, 6) is 0.325. The van der Waals surface area contributed by atoms with Crippen molar-refractivity contribution in [3.8, 4) is 5.75 Å². The van der Waals surface area contributed by atoms with E-state index < -0.39 is 0 Å². The van der Waals surface area contributed by atoms with Gasteiger partial charge >= 0.3 is 0 Å². The van der Waals surface area contributed by atoms with E-state index in [9.17, 15) is 5.11 Å². The summed E-state index contributed by atoms with van der Waals surface area (Å²) in [5.41, 5.74) is 0. The summed E-state index contributed by atoms with van der Waals surface area (Å²) >= 11 is 1.72. The predicted octanol–water partition coefficient (Wildman–Crippen LogP) is 2.44. The zero-order valence-electron chi connectivity index (χ0n) is 7.82. The van der Waals surface area contributed by atoms with Crippen molar-refractivity contribution in [2.45, 2.75) is 4.90 Å². The molecule has 0 saturated carbocycles. The van der Waals surface area contributed by atoms with Crippen LogP contribution in [0.3, 0.4) is 0 Å². The summed E-state index contributed by atoms with van der Waals surface area (Å²) in [4.78, 5) is 1.25. The minimum absolute atomic E-state index is 0. The molecule has 0 saturated heterocycles. The minimum atomic E-state index is 0. The van der Waals surface area contributed by atoms with Gasteiger partial charge in [0, 0.05) is 4.90 Å². The number of benzene rings is 2. The van der Waals surface area contributed by atoms with E-state index in [-0.39, 0.29) is 5.48 Å². The lowest BCUT2D eigenvalue weighted by molar-refractivity contribution is 0.476. The summed E-state index contributed by atoms with van der Waals surface area (Å²) in [7, 11) is 0. The summed E-state index contributed by atoms with van der Waals surface area (Å²) < 4.78 is 0. The van der Waals surface area contributed by atoms with Crippen molar-refractivity contribution in [3.63, 3.8) is 0 Å². The molecular weight excluding hydrogens is 196 g/mol. The molecule has 2 nitrogen and oxygen atoms in total. The van der Waals surface area contributed by atoms with Crippen molar-refractivity contribution >= 4 is 22.5 Å². The third-order valence-electron chi connectivity index (χ3n) is 2.04. The van der Waals surface area contributed by atoms with Crippen LogP contribution in [0.2, 0.25) is 0 Å². The third kappa shape index (κ3) is 1.84. The van der Waals surface area contributed by atoms with E-state index in [4.69, 9.17) is 0 Å². The minimum Gasteiger partial charge on any atom is -0.508 e. The fourth-order valence-electron chi connectivity index (χ4n) is 1.42. The fraction of sp³-hybridized carbons (Fsp3) is 0.0909. The first-order valence-electron chi connectivity index (χ1n) is 4.07. The van der Waals surface area contributed by atoms with Gasteiger partial charge in [-0.25, -0.2) is 0 Å². The van der Waals surface area contributed by atoms with Crippen LogP contribution in [0, 0.1) is 0 Å². The molecule has 0 bridgehead atoms. The van der Waals surface area contributed by atoms with E-state index >= 15 is 0 Å². The molecule has 2 rings (SSSR count). The Morgan fingerprint density at radius 2 is 1.93 bits per heavy atom. The van der Waals surface area contributed by atoms with Crippen LogP contribution in [0.4, 0.5) is 0 Å². The maximum atomic E-state index is 9.29. The first-order valence-corrected chi connectivity index (χ1v) is 5.29. The Morgan fingerprint density at radius 1 is 1.14 bits per heavy atom. The lowest BCUT2D eigenvalue weighted by atomic mass is 10.1. The lowest BCUT2D eigenvalue weighted by Gasteiger charge is -2.03. The van der Waals surface area contributed by atoms with Gasteiger partial charge in [-0.1, -0.05) is 12.1 Å². The Labute approximate surface area is 86.9 Å². The van der Waals surface area contributed by atoms with Gasteiger partial charge in [0.15, 0.2) is 0 Å². The largest absolute Gasteiger partial charge is 0.508 e. The van der Waals surface area contributed by atoms with Crippen LogP contribution in [-0.2, 0) is 0 Å². The molecule has 0 heterocycles. The first-order chi connectivity index (χ1) is 6.31. The van der Waals surface area contributed by atoms with Gasteiger partial charge in [0.1, 0.15) is 5.75 Å². The van der Waals surface area contributed by atoms with Crippen LogP contribution < -0.4 is 0 Å². The molecule has 0 amide bonds. The SMILES string of the molecule is CSc1cccc2cc(O)ccc12.O. The Kier molecular flexibility index (Phi) is 3.38. The van der Waals surface area contributed by atoms with E-state index in [1.807, 2.05) is 18.2 Å². The number of fused-ring (bicyclic) bond motifs is 1. The standard InChI is InChI=1S/C11H10OS.H2O/c1-13-11-4-2-3-8-7-9(12)5-6-10(8)11;/h2-7,12H,1H3;1H2. The highest BCUT2D eigenvalue weighted by atomic mass is 32.2. The molecule has 0 fully saturated rings. The number of rotatable bonds is 1. The molecular formula is C11H12O2S. The maximum absolute atomic E-state index is 9.29. The molecule has 3 heteroatoms. The summed E-state index contributed by atoms with van der Waals surface area (Å²) in [6.07, 6.45) is 2.06. The predicted molar refractivity (Wildman–Crippen MR) is 61.0 cm³/mol. The molecule has 74 valence electrons. The van der Waals surface area contributed by atoms with Gasteiger partial charge in [-0.05, 0) is 41.3 Å². The summed E-state index contributed by atoms with van der Waals surface area (Å²) in [6.45, 7) is 0.